The minimum absolute atomic E-state index is 0.290. The zero-order valence-corrected chi connectivity index (χ0v) is 18.8. The molecule has 2 aromatic heterocycles. The summed E-state index contributed by atoms with van der Waals surface area (Å²) in [7, 11) is 1.72. The van der Waals surface area contributed by atoms with Crippen LogP contribution in [0.4, 0.5) is 20.3 Å². The summed E-state index contributed by atoms with van der Waals surface area (Å²) in [5.41, 5.74) is 1.22. The van der Waals surface area contributed by atoms with Crippen LogP contribution in [-0.4, -0.2) is 48.4 Å². The van der Waals surface area contributed by atoms with Crippen molar-refractivity contribution in [3.8, 4) is 11.1 Å². The Morgan fingerprint density at radius 1 is 1.03 bits per heavy atom. The maximum atomic E-state index is 14.6. The fourth-order valence-electron chi connectivity index (χ4n) is 4.35. The standard InChI is InChI=1S/C24H33F2N5O/c1-15(14-32-2)30-18-5-7-19(8-6-18)31-23-10-20(21(25)13-28-23)17-9-22(24(26)29-12-17)27-11-16-3-4-16/h9-10,12-13,15-16,18-19,27,30H,3-8,11,14H2,1-2H3,(H,28,31)/t15-,18-,19-/m1/s1. The molecule has 4 rings (SSSR count). The minimum Gasteiger partial charge on any atom is -0.383 e. The molecule has 174 valence electrons. The van der Waals surface area contributed by atoms with Crippen LogP contribution in [0.15, 0.2) is 24.5 Å². The van der Waals surface area contributed by atoms with Gasteiger partial charge in [-0.3, -0.25) is 0 Å². The molecule has 0 bridgehead atoms. The van der Waals surface area contributed by atoms with Gasteiger partial charge in [-0.05, 0) is 63.5 Å². The topological polar surface area (TPSA) is 71.1 Å². The molecular formula is C24H33F2N5O. The molecule has 2 aliphatic carbocycles. The Kier molecular flexibility index (Phi) is 7.52. The molecule has 2 aromatic rings. The van der Waals surface area contributed by atoms with Crippen LogP contribution in [-0.2, 0) is 4.74 Å². The lowest BCUT2D eigenvalue weighted by atomic mass is 9.90. The van der Waals surface area contributed by atoms with Gasteiger partial charge < -0.3 is 20.7 Å². The van der Waals surface area contributed by atoms with E-state index in [0.717, 1.165) is 32.2 Å². The summed E-state index contributed by atoms with van der Waals surface area (Å²) in [4.78, 5) is 8.06. The molecule has 8 heteroatoms. The number of ether oxygens (including phenoxy) is 1. The largest absolute Gasteiger partial charge is 0.383 e. The van der Waals surface area contributed by atoms with Crippen molar-refractivity contribution in [1.29, 1.82) is 0 Å². The highest BCUT2D eigenvalue weighted by Gasteiger charge is 2.23. The Bertz CT molecular complexity index is 900. The molecule has 32 heavy (non-hydrogen) atoms. The third-order valence-corrected chi connectivity index (χ3v) is 6.30. The molecule has 1 atom stereocenters. The fraction of sp³-hybridized carbons (Fsp3) is 0.583. The van der Waals surface area contributed by atoms with E-state index in [-0.39, 0.29) is 0 Å². The van der Waals surface area contributed by atoms with Gasteiger partial charge in [-0.25, -0.2) is 14.4 Å². The number of hydrogen-bond acceptors (Lipinski definition) is 6. The zero-order chi connectivity index (χ0) is 22.5. The Morgan fingerprint density at radius 2 is 1.78 bits per heavy atom. The molecule has 0 spiro atoms. The van der Waals surface area contributed by atoms with Crippen molar-refractivity contribution in [3.63, 3.8) is 0 Å². The maximum absolute atomic E-state index is 14.6. The van der Waals surface area contributed by atoms with Gasteiger partial charge in [0.25, 0.3) is 0 Å². The van der Waals surface area contributed by atoms with E-state index < -0.39 is 11.8 Å². The van der Waals surface area contributed by atoms with Gasteiger partial charge in [0.05, 0.1) is 18.5 Å². The van der Waals surface area contributed by atoms with E-state index in [1.807, 2.05) is 0 Å². The third-order valence-electron chi connectivity index (χ3n) is 6.30. The Morgan fingerprint density at radius 3 is 2.50 bits per heavy atom. The van der Waals surface area contributed by atoms with E-state index >= 15 is 0 Å². The number of hydrogen-bond donors (Lipinski definition) is 3. The summed E-state index contributed by atoms with van der Waals surface area (Å²) in [5, 5.41) is 10.2. The molecule has 0 aliphatic heterocycles. The number of anilines is 2. The highest BCUT2D eigenvalue weighted by atomic mass is 19.1. The molecule has 2 heterocycles. The number of aromatic nitrogens is 2. The monoisotopic (exact) mass is 445 g/mol. The second kappa shape index (κ2) is 10.5. The summed E-state index contributed by atoms with van der Waals surface area (Å²) < 4.78 is 33.9. The van der Waals surface area contributed by atoms with Crippen LogP contribution >= 0.6 is 0 Å². The molecule has 0 radical (unpaired) electrons. The van der Waals surface area contributed by atoms with Gasteiger partial charge in [0.1, 0.15) is 11.6 Å². The van der Waals surface area contributed by atoms with Crippen LogP contribution in [0.25, 0.3) is 11.1 Å². The van der Waals surface area contributed by atoms with Crippen molar-refractivity contribution in [2.45, 2.75) is 63.6 Å². The SMILES string of the molecule is COC[C@@H](C)N[C@H]1CC[C@H](Nc2cc(-c3cnc(F)c(NCC4CC4)c3)c(F)cn2)CC1. The third kappa shape index (κ3) is 6.13. The van der Waals surface area contributed by atoms with Crippen LogP contribution < -0.4 is 16.0 Å². The van der Waals surface area contributed by atoms with Crippen molar-refractivity contribution >= 4 is 11.5 Å². The van der Waals surface area contributed by atoms with Gasteiger partial charge in [-0.2, -0.15) is 4.39 Å². The fourth-order valence-corrected chi connectivity index (χ4v) is 4.35. The minimum atomic E-state index is -0.563. The van der Waals surface area contributed by atoms with Gasteiger partial charge in [0.2, 0.25) is 5.95 Å². The molecule has 2 fully saturated rings. The number of nitrogens with one attached hydrogen (secondary N) is 3. The lowest BCUT2D eigenvalue weighted by molar-refractivity contribution is 0.161. The molecule has 2 aliphatic rings. The second-order valence-corrected chi connectivity index (χ2v) is 9.15. The first kappa shape index (κ1) is 22.9. The number of methoxy groups -OCH3 is 1. The predicted molar refractivity (Wildman–Crippen MR) is 123 cm³/mol. The van der Waals surface area contributed by atoms with E-state index in [0.29, 0.717) is 53.3 Å². The van der Waals surface area contributed by atoms with E-state index in [2.05, 4.69) is 32.8 Å². The summed E-state index contributed by atoms with van der Waals surface area (Å²) >= 11 is 0. The van der Waals surface area contributed by atoms with Crippen LogP contribution in [0.2, 0.25) is 0 Å². The number of nitrogens with zero attached hydrogens (tertiary/aromatic N) is 2. The van der Waals surface area contributed by atoms with Crippen LogP contribution in [0.3, 0.4) is 0 Å². The van der Waals surface area contributed by atoms with E-state index in [1.165, 1.54) is 25.2 Å². The number of rotatable bonds is 10. The van der Waals surface area contributed by atoms with E-state index in [1.54, 1.807) is 19.2 Å². The van der Waals surface area contributed by atoms with Gasteiger partial charge in [0.15, 0.2) is 0 Å². The van der Waals surface area contributed by atoms with Crippen molar-refractivity contribution in [1.82, 2.24) is 15.3 Å². The highest BCUT2D eigenvalue weighted by molar-refractivity contribution is 5.69. The number of pyridine rings is 2. The second-order valence-electron chi connectivity index (χ2n) is 9.15. The Labute approximate surface area is 188 Å². The zero-order valence-electron chi connectivity index (χ0n) is 18.8. The lowest BCUT2D eigenvalue weighted by Crippen LogP contribution is -2.42. The van der Waals surface area contributed by atoms with Gasteiger partial charge >= 0.3 is 0 Å². The summed E-state index contributed by atoms with van der Waals surface area (Å²) in [6.45, 7) is 3.56. The maximum Gasteiger partial charge on any atom is 0.236 e. The van der Waals surface area contributed by atoms with Crippen LogP contribution in [0.5, 0.6) is 0 Å². The van der Waals surface area contributed by atoms with Gasteiger partial charge in [0, 0.05) is 49.1 Å². The predicted octanol–water partition coefficient (Wildman–Crippen LogP) is 4.59. The first-order chi connectivity index (χ1) is 15.5. The Hall–Kier alpha value is -2.32. The van der Waals surface area contributed by atoms with Crippen LogP contribution in [0, 0.1) is 17.7 Å². The van der Waals surface area contributed by atoms with Gasteiger partial charge in [-0.15, -0.1) is 0 Å². The smallest absolute Gasteiger partial charge is 0.236 e. The normalized spacial score (nSPS) is 21.9. The quantitative estimate of drug-likeness (QED) is 0.465. The first-order valence-electron chi connectivity index (χ1n) is 11.6. The van der Waals surface area contributed by atoms with E-state index in [9.17, 15) is 8.78 Å². The van der Waals surface area contributed by atoms with Crippen molar-refractivity contribution in [3.05, 3.63) is 36.3 Å². The first-order valence-corrected chi connectivity index (χ1v) is 11.6. The molecule has 6 nitrogen and oxygen atoms in total. The van der Waals surface area contributed by atoms with E-state index in [4.69, 9.17) is 4.74 Å². The van der Waals surface area contributed by atoms with Crippen molar-refractivity contribution < 1.29 is 13.5 Å². The Balaban J connectivity index is 1.38. The average molecular weight is 446 g/mol. The molecule has 3 N–H and O–H groups in total. The molecule has 0 unspecified atom stereocenters. The van der Waals surface area contributed by atoms with Gasteiger partial charge in [-0.1, -0.05) is 0 Å². The highest BCUT2D eigenvalue weighted by Crippen LogP contribution is 2.31. The lowest BCUT2D eigenvalue weighted by Gasteiger charge is -2.31. The molecule has 0 aromatic carbocycles. The van der Waals surface area contributed by atoms with Crippen molar-refractivity contribution in [2.24, 2.45) is 5.92 Å². The molecule has 2 saturated carbocycles. The van der Waals surface area contributed by atoms with Crippen LogP contribution in [0.1, 0.15) is 45.4 Å². The molecule has 0 saturated heterocycles. The average Bonchev–Trinajstić information content (AvgIpc) is 3.61. The summed E-state index contributed by atoms with van der Waals surface area (Å²) in [5.74, 6) is 0.215. The number of halogens is 2. The molecular weight excluding hydrogens is 412 g/mol. The van der Waals surface area contributed by atoms with Crippen molar-refractivity contribution in [2.75, 3.05) is 30.9 Å². The molecule has 0 amide bonds. The summed E-state index contributed by atoms with van der Waals surface area (Å²) in [6.07, 6.45) is 9.09. The summed E-state index contributed by atoms with van der Waals surface area (Å²) in [6, 6.07) is 4.44.